The van der Waals surface area contributed by atoms with Crippen LogP contribution < -0.4 is 20.1 Å². The number of nitrogens with one attached hydrogen (secondary N) is 3. The van der Waals surface area contributed by atoms with E-state index in [9.17, 15) is 21.8 Å². The van der Waals surface area contributed by atoms with Crippen molar-refractivity contribution in [2.24, 2.45) is 0 Å². The van der Waals surface area contributed by atoms with E-state index >= 15 is 0 Å². The third-order valence-corrected chi connectivity index (χ3v) is 6.85. The molecule has 42 heavy (non-hydrogen) atoms. The zero-order chi connectivity index (χ0) is 30.3. The number of alkyl halides is 1. The lowest BCUT2D eigenvalue weighted by Gasteiger charge is -2.14. The van der Waals surface area contributed by atoms with E-state index in [1.54, 1.807) is 55.6 Å². The number of rotatable bonds is 8. The number of piperidine rings is 1. The van der Waals surface area contributed by atoms with Gasteiger partial charge in [0.05, 0.1) is 24.2 Å². The van der Waals surface area contributed by atoms with E-state index in [4.69, 9.17) is 4.74 Å². The summed E-state index contributed by atoms with van der Waals surface area (Å²) < 4.78 is 73.6. The third kappa shape index (κ3) is 9.21. The Morgan fingerprint density at radius 1 is 0.929 bits per heavy atom. The van der Waals surface area contributed by atoms with Crippen molar-refractivity contribution in [2.45, 2.75) is 25.0 Å². The Bertz CT molecular complexity index is 1430. The van der Waals surface area contributed by atoms with Crippen LogP contribution in [0, 0.1) is 17.5 Å². The summed E-state index contributed by atoms with van der Waals surface area (Å²) in [5, 5.41) is 6.08. The van der Waals surface area contributed by atoms with Crippen LogP contribution in [0.4, 0.5) is 29.2 Å². The molecule has 1 atom stereocenters. The molecule has 1 saturated heterocycles. The van der Waals surface area contributed by atoms with Gasteiger partial charge in [0.2, 0.25) is 17.6 Å². The molecule has 0 spiro atoms. The maximum absolute atomic E-state index is 14.8. The fourth-order valence-corrected chi connectivity index (χ4v) is 4.80. The molecule has 5 rings (SSSR count). The highest BCUT2D eigenvalue weighted by Gasteiger charge is 2.23. The van der Waals surface area contributed by atoms with Crippen molar-refractivity contribution >= 4 is 22.6 Å². The van der Waals surface area contributed by atoms with Gasteiger partial charge in [-0.1, -0.05) is 36.8 Å². The van der Waals surface area contributed by atoms with Gasteiger partial charge in [0.1, 0.15) is 16.7 Å². The number of nitrogens with zero attached hydrogens (tertiary/aromatic N) is 3. The summed E-state index contributed by atoms with van der Waals surface area (Å²) in [6, 6.07) is 14.2. The molecule has 4 aromatic rings. The molecule has 13 heteroatoms. The summed E-state index contributed by atoms with van der Waals surface area (Å²) >= 11 is 0. The zero-order valence-electron chi connectivity index (χ0n) is 23.2. The number of hydrogen-bond donors (Lipinski definition) is 3. The monoisotopic (exact) mass is 604 g/mol. The highest BCUT2D eigenvalue weighted by Crippen LogP contribution is 2.35. The zero-order valence-corrected chi connectivity index (χ0v) is 24.0. The smallest absolute Gasteiger partial charge is 0.228 e. The van der Waals surface area contributed by atoms with Crippen LogP contribution in [0.3, 0.4) is 0 Å². The molecule has 3 N–H and O–H groups in total. The largest absolute Gasteiger partial charge is 0.435 e. The number of halogens is 4. The summed E-state index contributed by atoms with van der Waals surface area (Å²) in [6.45, 7) is 2.50. The molecule has 2 aromatic carbocycles. The Balaban J connectivity index is 0.000000530. The maximum atomic E-state index is 14.8. The molecule has 1 fully saturated rings. The fraction of sp³-hybridized carbons (Fsp3) is 0.276. The van der Waals surface area contributed by atoms with Crippen LogP contribution in [0.1, 0.15) is 24.8 Å². The predicted molar refractivity (Wildman–Crippen MR) is 157 cm³/mol. The molecule has 0 aliphatic carbocycles. The molecule has 1 aliphatic heterocycles. The fourth-order valence-electron chi connectivity index (χ4n) is 3.82. The van der Waals surface area contributed by atoms with E-state index in [0.717, 1.165) is 0 Å². The minimum Gasteiger partial charge on any atom is -0.435 e. The van der Waals surface area contributed by atoms with Crippen molar-refractivity contribution in [3.05, 3.63) is 90.0 Å². The van der Waals surface area contributed by atoms with Gasteiger partial charge < -0.3 is 15.4 Å². The Kier molecular flexibility index (Phi) is 13.1. The molecule has 8 nitrogen and oxygen atoms in total. The summed E-state index contributed by atoms with van der Waals surface area (Å²) in [6.07, 6.45) is 7.10. The van der Waals surface area contributed by atoms with Gasteiger partial charge in [-0.15, -0.1) is 0 Å². The minimum absolute atomic E-state index is 0.0234. The van der Waals surface area contributed by atoms with E-state index < -0.39 is 39.9 Å². The quantitative estimate of drug-likeness (QED) is 0.158. The third-order valence-electron chi connectivity index (χ3n) is 5.82. The molecule has 3 heterocycles. The molecular weight excluding hydrogens is 572 g/mol. The Hall–Kier alpha value is -4.10. The van der Waals surface area contributed by atoms with Gasteiger partial charge >= 0.3 is 0 Å². The van der Waals surface area contributed by atoms with Gasteiger partial charge in [0.25, 0.3) is 0 Å². The molecule has 1 aliphatic rings. The number of ether oxygens (including phenoxy) is 1. The lowest BCUT2D eigenvalue weighted by Crippen LogP contribution is -2.21. The Morgan fingerprint density at radius 2 is 1.67 bits per heavy atom. The van der Waals surface area contributed by atoms with Crippen LogP contribution in [-0.4, -0.2) is 46.5 Å². The molecular formula is C29H32F4N6O2S. The first-order chi connectivity index (χ1) is 20.5. The Labute approximate surface area is 244 Å². The highest BCUT2D eigenvalue weighted by atomic mass is 32.2. The first kappa shape index (κ1) is 32.4. The van der Waals surface area contributed by atoms with Gasteiger partial charge in [-0.3, -0.25) is 9.11 Å². The van der Waals surface area contributed by atoms with Gasteiger partial charge in [-0.25, -0.2) is 27.9 Å². The van der Waals surface area contributed by atoms with Crippen LogP contribution in [0.25, 0.3) is 11.3 Å². The maximum Gasteiger partial charge on any atom is 0.228 e. The number of aromatic nitrogens is 3. The van der Waals surface area contributed by atoms with Crippen molar-refractivity contribution in [1.82, 2.24) is 20.3 Å². The van der Waals surface area contributed by atoms with Gasteiger partial charge in [0, 0.05) is 25.5 Å². The van der Waals surface area contributed by atoms with Gasteiger partial charge in [-0.2, -0.15) is 4.39 Å². The molecule has 1 unspecified atom stereocenters. The second kappa shape index (κ2) is 17.0. The summed E-state index contributed by atoms with van der Waals surface area (Å²) in [5.74, 6) is -4.73. The van der Waals surface area contributed by atoms with Crippen molar-refractivity contribution in [3.8, 4) is 22.9 Å². The van der Waals surface area contributed by atoms with Crippen LogP contribution in [0.15, 0.2) is 67.0 Å². The van der Waals surface area contributed by atoms with Crippen molar-refractivity contribution in [2.75, 3.05) is 37.4 Å². The van der Waals surface area contributed by atoms with Crippen LogP contribution in [0.5, 0.6) is 11.6 Å². The van der Waals surface area contributed by atoms with Crippen molar-refractivity contribution in [3.63, 3.8) is 0 Å². The normalized spacial score (nSPS) is 13.0. The van der Waals surface area contributed by atoms with E-state index in [1.165, 1.54) is 44.7 Å². The van der Waals surface area contributed by atoms with Crippen LogP contribution >= 0.6 is 0 Å². The average molecular weight is 605 g/mol. The lowest BCUT2D eigenvalue weighted by molar-refractivity contribution is 0.401. The van der Waals surface area contributed by atoms with Gasteiger partial charge in [0.15, 0.2) is 17.4 Å². The van der Waals surface area contributed by atoms with Crippen LogP contribution in [-0.2, 0) is 16.7 Å². The van der Waals surface area contributed by atoms with E-state index in [1.807, 2.05) is 0 Å². The number of pyridine rings is 1. The summed E-state index contributed by atoms with van der Waals surface area (Å²) in [5.41, 5.74) is 0.587. The topological polar surface area (TPSA) is 101 Å². The number of benzene rings is 2. The molecule has 0 amide bonds. The highest BCUT2D eigenvalue weighted by molar-refractivity contribution is 7.85. The van der Waals surface area contributed by atoms with Crippen molar-refractivity contribution < 1.29 is 26.5 Å². The number of anilines is 2. The summed E-state index contributed by atoms with van der Waals surface area (Å²) in [4.78, 5) is 12.3. The van der Waals surface area contributed by atoms with Crippen LogP contribution in [0.2, 0.25) is 0 Å². The predicted octanol–water partition coefficient (Wildman–Crippen LogP) is 6.41. The average Bonchev–Trinajstić information content (AvgIpc) is 3.04. The molecule has 0 bridgehead atoms. The summed E-state index contributed by atoms with van der Waals surface area (Å²) in [7, 11) is 0.245. The molecule has 0 radical (unpaired) electrons. The second-order valence-corrected chi connectivity index (χ2v) is 9.91. The Morgan fingerprint density at radius 3 is 2.31 bits per heavy atom. The SMILES string of the molecule is C1CCNCC1.CF.CNc1nccc(-c2cccnc2Oc2cc(F)c(NS(=O)Cc3ccccc3)c(F)c2F)n1. The lowest BCUT2D eigenvalue weighted by atomic mass is 10.2. The van der Waals surface area contributed by atoms with Crippen molar-refractivity contribution in [1.29, 1.82) is 0 Å². The standard InChI is InChI=1S/C23H18F3N5O2S.C5H11N.CH3F/c1-27-23-29-11-9-17(30-23)15-8-5-10-28-22(15)33-18-12-16(24)21(20(26)19(18)25)31-34(32)13-14-6-3-2-4-7-14;1-2-4-6-5-3-1;1-2/h2-12,31H,13H2,1H3,(H,27,29,30);6H,1-5H2;1H3. The second-order valence-electron chi connectivity index (χ2n) is 8.72. The molecule has 224 valence electrons. The van der Waals surface area contributed by atoms with E-state index in [0.29, 0.717) is 36.0 Å². The first-order valence-electron chi connectivity index (χ1n) is 13.0. The first-order valence-corrected chi connectivity index (χ1v) is 14.4. The van der Waals surface area contributed by atoms with E-state index in [-0.39, 0.29) is 11.6 Å². The van der Waals surface area contributed by atoms with Gasteiger partial charge in [-0.05, 0) is 49.7 Å². The number of hydrogen-bond acceptors (Lipinski definition) is 7. The minimum atomic E-state index is -1.90. The molecule has 2 aromatic heterocycles. The van der Waals surface area contributed by atoms with E-state index in [2.05, 4.69) is 30.3 Å². The molecule has 0 saturated carbocycles.